The Morgan fingerprint density at radius 2 is 2.44 bits per heavy atom. The number of carbonyl (C=O) groups excluding carboxylic acids is 1. The summed E-state index contributed by atoms with van der Waals surface area (Å²) in [5, 5.41) is 0. The highest BCUT2D eigenvalue weighted by Gasteiger charge is 2.15. The van der Waals surface area contributed by atoms with Crippen LogP contribution in [-0.4, -0.2) is 18.6 Å². The zero-order valence-electron chi connectivity index (χ0n) is 4.96. The van der Waals surface area contributed by atoms with Gasteiger partial charge in [0.2, 0.25) is 0 Å². The fraction of sp³-hybridized carbons (Fsp3) is 0.500. The molecule has 3 heteroatoms. The molecular weight excluding hydrogens is 118 g/mol. The van der Waals surface area contributed by atoms with Crippen molar-refractivity contribution in [2.75, 3.05) is 6.61 Å². The number of ether oxygens (including phenoxy) is 1. The highest BCUT2D eigenvalue weighted by atomic mass is 16.5. The first kappa shape index (κ1) is 6.29. The highest BCUT2D eigenvalue weighted by Crippen LogP contribution is 2.04. The highest BCUT2D eigenvalue weighted by molar-refractivity contribution is 5.78. The van der Waals surface area contributed by atoms with E-state index >= 15 is 0 Å². The molecule has 0 aromatic heterocycles. The van der Waals surface area contributed by atoms with Gasteiger partial charge in [-0.15, -0.1) is 0 Å². The Kier molecular flexibility index (Phi) is 1.85. The molecule has 1 amide bonds. The lowest BCUT2D eigenvalue weighted by molar-refractivity contribution is -0.129. The largest absolute Gasteiger partial charge is 0.364 e. The molecule has 3 nitrogen and oxygen atoms in total. The van der Waals surface area contributed by atoms with Crippen LogP contribution in [0.4, 0.5) is 0 Å². The molecular formula is C6H8NO2. The molecule has 0 spiro atoms. The van der Waals surface area contributed by atoms with Gasteiger partial charge in [-0.3, -0.25) is 10.5 Å². The van der Waals surface area contributed by atoms with Crippen LogP contribution in [0.3, 0.4) is 0 Å². The number of rotatable bonds is 1. The first-order valence-electron chi connectivity index (χ1n) is 2.83. The van der Waals surface area contributed by atoms with E-state index in [1.54, 1.807) is 0 Å². The third-order valence-corrected chi connectivity index (χ3v) is 1.20. The molecule has 1 N–H and O–H groups in total. The predicted octanol–water partition coefficient (Wildman–Crippen LogP) is 0.141. The summed E-state index contributed by atoms with van der Waals surface area (Å²) in [7, 11) is 0. The van der Waals surface area contributed by atoms with Crippen LogP contribution >= 0.6 is 0 Å². The third-order valence-electron chi connectivity index (χ3n) is 1.20. The fourth-order valence-corrected chi connectivity index (χ4v) is 0.710. The normalized spacial score (nSPS) is 26.0. The second-order valence-electron chi connectivity index (χ2n) is 1.89. The van der Waals surface area contributed by atoms with Crippen LogP contribution in [0.25, 0.3) is 0 Å². The van der Waals surface area contributed by atoms with E-state index in [0.29, 0.717) is 13.0 Å². The quantitative estimate of drug-likeness (QED) is 0.469. The zero-order valence-corrected chi connectivity index (χ0v) is 4.96. The summed E-state index contributed by atoms with van der Waals surface area (Å²) in [5.74, 6) is -0.626. The molecule has 1 atom stereocenters. The Bertz CT molecular complexity index is 142. The average molecular weight is 126 g/mol. The zero-order chi connectivity index (χ0) is 6.69. The van der Waals surface area contributed by atoms with Gasteiger partial charge in [0.25, 0.3) is 5.91 Å². The van der Waals surface area contributed by atoms with Crippen molar-refractivity contribution < 1.29 is 9.53 Å². The maximum absolute atomic E-state index is 10.3. The van der Waals surface area contributed by atoms with Gasteiger partial charge < -0.3 is 4.74 Å². The first-order chi connectivity index (χ1) is 4.30. The van der Waals surface area contributed by atoms with Gasteiger partial charge in [0.15, 0.2) is 0 Å². The van der Waals surface area contributed by atoms with Crippen molar-refractivity contribution in [1.82, 2.24) is 5.73 Å². The van der Waals surface area contributed by atoms with Gasteiger partial charge in [-0.1, -0.05) is 12.2 Å². The predicted molar refractivity (Wildman–Crippen MR) is 31.6 cm³/mol. The van der Waals surface area contributed by atoms with Gasteiger partial charge in [-0.05, 0) is 0 Å². The molecule has 1 heterocycles. The van der Waals surface area contributed by atoms with Crippen molar-refractivity contribution in [3.63, 3.8) is 0 Å². The smallest absolute Gasteiger partial charge is 0.267 e. The molecule has 0 aliphatic carbocycles. The molecule has 0 fully saturated rings. The summed E-state index contributed by atoms with van der Waals surface area (Å²) in [4.78, 5) is 10.3. The lowest BCUT2D eigenvalue weighted by Crippen LogP contribution is -2.26. The van der Waals surface area contributed by atoms with E-state index < -0.39 is 12.0 Å². The van der Waals surface area contributed by atoms with Crippen LogP contribution in [0.15, 0.2) is 12.2 Å². The molecule has 1 aliphatic heterocycles. The van der Waals surface area contributed by atoms with Crippen molar-refractivity contribution in [2.45, 2.75) is 12.5 Å². The monoisotopic (exact) mass is 126 g/mol. The van der Waals surface area contributed by atoms with Gasteiger partial charge in [0, 0.05) is 6.42 Å². The van der Waals surface area contributed by atoms with Gasteiger partial charge >= 0.3 is 0 Å². The maximum Gasteiger partial charge on any atom is 0.267 e. The Hall–Kier alpha value is -0.830. The van der Waals surface area contributed by atoms with E-state index in [0.717, 1.165) is 0 Å². The van der Waals surface area contributed by atoms with Gasteiger partial charge in [0.05, 0.1) is 6.61 Å². The van der Waals surface area contributed by atoms with Crippen molar-refractivity contribution in [2.24, 2.45) is 0 Å². The Morgan fingerprint density at radius 1 is 1.67 bits per heavy atom. The summed E-state index contributed by atoms with van der Waals surface area (Å²) in [5.41, 5.74) is 6.67. The van der Waals surface area contributed by atoms with Crippen LogP contribution < -0.4 is 5.73 Å². The number of hydrogen-bond donors (Lipinski definition) is 0. The molecule has 0 aromatic rings. The Balaban J connectivity index is 2.44. The van der Waals surface area contributed by atoms with Crippen molar-refractivity contribution in [3.05, 3.63) is 12.2 Å². The number of amides is 1. The molecule has 1 aliphatic rings. The number of nitrogens with one attached hydrogen (secondary N) is 1. The molecule has 1 rings (SSSR count). The minimum absolute atomic E-state index is 0.468. The molecule has 49 valence electrons. The standard InChI is InChI=1S/C6H8NO2/c7-6(8)5-3-1-2-4-9-5/h1-2,5,7H,3-4H2. The summed E-state index contributed by atoms with van der Waals surface area (Å²) in [6, 6.07) is 0. The van der Waals surface area contributed by atoms with Crippen molar-refractivity contribution in [1.29, 1.82) is 0 Å². The Labute approximate surface area is 53.5 Å². The second kappa shape index (κ2) is 2.64. The summed E-state index contributed by atoms with van der Waals surface area (Å²) in [6.07, 6.45) is 3.76. The Morgan fingerprint density at radius 3 is 2.78 bits per heavy atom. The molecule has 1 unspecified atom stereocenters. The summed E-state index contributed by atoms with van der Waals surface area (Å²) >= 11 is 0. The third kappa shape index (κ3) is 1.54. The van der Waals surface area contributed by atoms with E-state index in [-0.39, 0.29) is 0 Å². The minimum Gasteiger partial charge on any atom is -0.364 e. The fourth-order valence-electron chi connectivity index (χ4n) is 0.710. The van der Waals surface area contributed by atoms with Crippen LogP contribution in [0.1, 0.15) is 6.42 Å². The number of carbonyl (C=O) groups is 1. The van der Waals surface area contributed by atoms with Crippen molar-refractivity contribution in [3.8, 4) is 0 Å². The molecule has 0 saturated carbocycles. The maximum atomic E-state index is 10.3. The van der Waals surface area contributed by atoms with E-state index in [9.17, 15) is 4.79 Å². The summed E-state index contributed by atoms with van der Waals surface area (Å²) in [6.45, 7) is 0.468. The van der Waals surface area contributed by atoms with Crippen LogP contribution in [-0.2, 0) is 9.53 Å². The number of hydrogen-bond acceptors (Lipinski definition) is 2. The van der Waals surface area contributed by atoms with E-state index in [1.807, 2.05) is 12.2 Å². The lowest BCUT2D eigenvalue weighted by Gasteiger charge is -2.13. The van der Waals surface area contributed by atoms with Crippen LogP contribution in [0.2, 0.25) is 0 Å². The minimum atomic E-state index is -0.626. The van der Waals surface area contributed by atoms with Crippen molar-refractivity contribution >= 4 is 5.91 Å². The van der Waals surface area contributed by atoms with Crippen LogP contribution in [0.5, 0.6) is 0 Å². The summed E-state index contributed by atoms with van der Waals surface area (Å²) < 4.78 is 4.92. The molecule has 9 heavy (non-hydrogen) atoms. The molecule has 0 bridgehead atoms. The molecule has 0 aromatic carbocycles. The SMILES string of the molecule is [NH]C(=O)C1CC=CCO1. The second-order valence-corrected chi connectivity index (χ2v) is 1.89. The topological polar surface area (TPSA) is 50.1 Å². The molecule has 1 radical (unpaired) electrons. The van der Waals surface area contributed by atoms with Crippen LogP contribution in [0, 0.1) is 0 Å². The van der Waals surface area contributed by atoms with Gasteiger partial charge in [-0.2, -0.15) is 0 Å². The van der Waals surface area contributed by atoms with E-state index in [1.165, 1.54) is 0 Å². The van der Waals surface area contributed by atoms with E-state index in [2.05, 4.69) is 0 Å². The average Bonchev–Trinajstić information content (AvgIpc) is 1.90. The first-order valence-corrected chi connectivity index (χ1v) is 2.83. The lowest BCUT2D eigenvalue weighted by atomic mass is 10.2. The molecule has 0 saturated heterocycles. The van der Waals surface area contributed by atoms with Gasteiger partial charge in [0.1, 0.15) is 6.10 Å². The van der Waals surface area contributed by atoms with E-state index in [4.69, 9.17) is 10.5 Å². The van der Waals surface area contributed by atoms with Gasteiger partial charge in [-0.25, -0.2) is 0 Å².